The van der Waals surface area contributed by atoms with Gasteiger partial charge in [0, 0.05) is 6.20 Å². The van der Waals surface area contributed by atoms with Gasteiger partial charge in [-0.05, 0) is 17.5 Å². The summed E-state index contributed by atoms with van der Waals surface area (Å²) in [7, 11) is 0. The zero-order chi connectivity index (χ0) is 11.0. The van der Waals surface area contributed by atoms with E-state index < -0.39 is 0 Å². The Bertz CT molecular complexity index is 645. The predicted octanol–water partition coefficient (Wildman–Crippen LogP) is 3.07. The highest BCUT2D eigenvalue weighted by atomic mass is 35.5. The highest BCUT2D eigenvalue weighted by molar-refractivity contribution is 6.29. The number of nitrogens with zero attached hydrogens (tertiary/aromatic N) is 3. The maximum absolute atomic E-state index is 5.83. The summed E-state index contributed by atoms with van der Waals surface area (Å²) in [5.74, 6) is 0.730. The van der Waals surface area contributed by atoms with Gasteiger partial charge in [0.15, 0.2) is 5.82 Å². The Hall–Kier alpha value is -1.87. The van der Waals surface area contributed by atoms with Crippen LogP contribution in [-0.2, 0) is 0 Å². The van der Waals surface area contributed by atoms with Crippen molar-refractivity contribution in [1.82, 2.24) is 14.5 Å². The lowest BCUT2D eigenvalue weighted by molar-refractivity contribution is 1.01. The Balaban J connectivity index is 2.26. The molecular formula is C12H8ClN3. The minimum atomic E-state index is 0.398. The molecule has 4 heteroatoms. The third-order valence-electron chi connectivity index (χ3n) is 2.44. The molecule has 0 fully saturated rings. The van der Waals surface area contributed by atoms with Crippen molar-refractivity contribution in [3.05, 3.63) is 54.1 Å². The summed E-state index contributed by atoms with van der Waals surface area (Å²) in [6.07, 6.45) is 5.18. The molecule has 0 spiro atoms. The number of fused-ring (bicyclic) bond motifs is 1. The van der Waals surface area contributed by atoms with Gasteiger partial charge in [-0.1, -0.05) is 29.8 Å². The minimum absolute atomic E-state index is 0.398. The lowest BCUT2D eigenvalue weighted by Gasteiger charge is -2.03. The van der Waals surface area contributed by atoms with E-state index in [1.54, 1.807) is 6.20 Å². The SMILES string of the molecule is Clc1cncc(-n2ccc3ccccc32)n1. The molecule has 1 aromatic carbocycles. The van der Waals surface area contributed by atoms with E-state index in [4.69, 9.17) is 11.6 Å². The number of rotatable bonds is 1. The summed E-state index contributed by atoms with van der Waals surface area (Å²) < 4.78 is 1.97. The fourth-order valence-corrected chi connectivity index (χ4v) is 1.87. The second-order valence-electron chi connectivity index (χ2n) is 3.44. The van der Waals surface area contributed by atoms with Gasteiger partial charge in [-0.3, -0.25) is 9.55 Å². The van der Waals surface area contributed by atoms with E-state index in [0.717, 1.165) is 11.3 Å². The molecular weight excluding hydrogens is 222 g/mol. The Kier molecular flexibility index (Phi) is 2.11. The molecule has 0 N–H and O–H groups in total. The van der Waals surface area contributed by atoms with Crippen molar-refractivity contribution in [1.29, 1.82) is 0 Å². The smallest absolute Gasteiger partial charge is 0.157 e. The predicted molar refractivity (Wildman–Crippen MR) is 63.9 cm³/mol. The van der Waals surface area contributed by atoms with Crippen LogP contribution in [0.5, 0.6) is 0 Å². The number of benzene rings is 1. The van der Waals surface area contributed by atoms with Gasteiger partial charge in [-0.15, -0.1) is 0 Å². The second-order valence-corrected chi connectivity index (χ2v) is 3.83. The first kappa shape index (κ1) is 9.36. The standard InChI is InChI=1S/C12H8ClN3/c13-11-7-14-8-12(15-11)16-6-5-9-3-1-2-4-10(9)16/h1-8H. The molecule has 0 saturated heterocycles. The molecule has 2 aromatic heterocycles. The van der Waals surface area contributed by atoms with Crippen LogP contribution >= 0.6 is 11.6 Å². The van der Waals surface area contributed by atoms with Gasteiger partial charge in [0.05, 0.1) is 17.9 Å². The van der Waals surface area contributed by atoms with Crippen molar-refractivity contribution >= 4 is 22.5 Å². The van der Waals surface area contributed by atoms with Crippen LogP contribution in [0.15, 0.2) is 48.9 Å². The van der Waals surface area contributed by atoms with Gasteiger partial charge in [0.2, 0.25) is 0 Å². The van der Waals surface area contributed by atoms with E-state index in [0.29, 0.717) is 5.15 Å². The van der Waals surface area contributed by atoms with Crippen molar-refractivity contribution in [3.8, 4) is 5.82 Å². The van der Waals surface area contributed by atoms with Crippen molar-refractivity contribution in [2.24, 2.45) is 0 Å². The maximum Gasteiger partial charge on any atom is 0.157 e. The van der Waals surface area contributed by atoms with E-state index in [-0.39, 0.29) is 0 Å². The Morgan fingerprint density at radius 2 is 1.94 bits per heavy atom. The van der Waals surface area contributed by atoms with Crippen LogP contribution in [-0.4, -0.2) is 14.5 Å². The van der Waals surface area contributed by atoms with Crippen LogP contribution in [0.2, 0.25) is 5.15 Å². The van der Waals surface area contributed by atoms with E-state index >= 15 is 0 Å². The molecule has 0 amide bonds. The fraction of sp³-hybridized carbons (Fsp3) is 0. The molecule has 16 heavy (non-hydrogen) atoms. The number of para-hydroxylation sites is 1. The van der Waals surface area contributed by atoms with Crippen molar-refractivity contribution in [2.75, 3.05) is 0 Å². The lowest BCUT2D eigenvalue weighted by Crippen LogP contribution is -1.96. The first-order valence-electron chi connectivity index (χ1n) is 4.88. The van der Waals surface area contributed by atoms with Gasteiger partial charge in [0.1, 0.15) is 5.15 Å². The molecule has 0 bridgehead atoms. The molecule has 0 aliphatic carbocycles. The maximum atomic E-state index is 5.83. The normalized spacial score (nSPS) is 10.8. The number of halogens is 1. The summed E-state index contributed by atoms with van der Waals surface area (Å²) >= 11 is 5.83. The number of aromatic nitrogens is 3. The molecule has 3 nitrogen and oxygen atoms in total. The summed E-state index contributed by atoms with van der Waals surface area (Å²) in [6, 6.07) is 10.1. The Morgan fingerprint density at radius 1 is 1.06 bits per heavy atom. The van der Waals surface area contributed by atoms with E-state index in [1.165, 1.54) is 11.6 Å². The second kappa shape index (κ2) is 3.61. The van der Waals surface area contributed by atoms with Crippen molar-refractivity contribution in [2.45, 2.75) is 0 Å². The van der Waals surface area contributed by atoms with Gasteiger partial charge in [0.25, 0.3) is 0 Å². The first-order valence-corrected chi connectivity index (χ1v) is 5.26. The molecule has 3 aromatic rings. The van der Waals surface area contributed by atoms with E-state index in [2.05, 4.69) is 16.0 Å². The van der Waals surface area contributed by atoms with Crippen LogP contribution < -0.4 is 0 Å². The van der Waals surface area contributed by atoms with E-state index in [1.807, 2.05) is 35.0 Å². The highest BCUT2D eigenvalue weighted by Crippen LogP contribution is 2.19. The van der Waals surface area contributed by atoms with Crippen LogP contribution in [0.3, 0.4) is 0 Å². The third-order valence-corrected chi connectivity index (χ3v) is 2.62. The minimum Gasteiger partial charge on any atom is -0.300 e. The van der Waals surface area contributed by atoms with E-state index in [9.17, 15) is 0 Å². The first-order chi connectivity index (χ1) is 7.84. The largest absolute Gasteiger partial charge is 0.300 e. The molecule has 0 aliphatic heterocycles. The molecule has 0 unspecified atom stereocenters. The lowest BCUT2D eigenvalue weighted by atomic mass is 10.2. The average molecular weight is 230 g/mol. The Labute approximate surface area is 97.3 Å². The van der Waals surface area contributed by atoms with Crippen molar-refractivity contribution < 1.29 is 0 Å². The summed E-state index contributed by atoms with van der Waals surface area (Å²) in [6.45, 7) is 0. The molecule has 2 heterocycles. The van der Waals surface area contributed by atoms with Crippen molar-refractivity contribution in [3.63, 3.8) is 0 Å². The summed E-state index contributed by atoms with van der Waals surface area (Å²) in [4.78, 5) is 8.26. The van der Waals surface area contributed by atoms with Gasteiger partial charge >= 0.3 is 0 Å². The molecule has 0 atom stereocenters. The van der Waals surface area contributed by atoms with Crippen LogP contribution in [0.1, 0.15) is 0 Å². The summed E-state index contributed by atoms with van der Waals surface area (Å²) in [5, 5.41) is 1.57. The molecule has 0 aliphatic rings. The average Bonchev–Trinajstić information content (AvgIpc) is 2.72. The van der Waals surface area contributed by atoms with Gasteiger partial charge in [-0.2, -0.15) is 0 Å². The van der Waals surface area contributed by atoms with Crippen LogP contribution in [0.4, 0.5) is 0 Å². The molecule has 3 rings (SSSR count). The number of hydrogen-bond donors (Lipinski definition) is 0. The third kappa shape index (κ3) is 1.46. The number of hydrogen-bond acceptors (Lipinski definition) is 2. The van der Waals surface area contributed by atoms with Gasteiger partial charge < -0.3 is 0 Å². The molecule has 0 saturated carbocycles. The fourth-order valence-electron chi connectivity index (χ4n) is 1.73. The zero-order valence-corrected chi connectivity index (χ0v) is 9.09. The monoisotopic (exact) mass is 229 g/mol. The summed E-state index contributed by atoms with van der Waals surface area (Å²) in [5.41, 5.74) is 1.10. The Morgan fingerprint density at radius 3 is 2.81 bits per heavy atom. The topological polar surface area (TPSA) is 30.7 Å². The highest BCUT2D eigenvalue weighted by Gasteiger charge is 2.03. The van der Waals surface area contributed by atoms with Gasteiger partial charge in [-0.25, -0.2) is 4.98 Å². The van der Waals surface area contributed by atoms with Crippen LogP contribution in [0, 0.1) is 0 Å². The van der Waals surface area contributed by atoms with Crippen LogP contribution in [0.25, 0.3) is 16.7 Å². The zero-order valence-electron chi connectivity index (χ0n) is 8.34. The quantitative estimate of drug-likeness (QED) is 0.642. The molecule has 0 radical (unpaired) electrons. The molecule has 78 valence electrons.